The molecule has 2 unspecified atom stereocenters. The van der Waals surface area contributed by atoms with Crippen molar-refractivity contribution in [2.75, 3.05) is 25.1 Å². The van der Waals surface area contributed by atoms with Crippen molar-refractivity contribution in [1.29, 1.82) is 0 Å². The van der Waals surface area contributed by atoms with E-state index < -0.39 is 0 Å². The molecule has 0 bridgehead atoms. The van der Waals surface area contributed by atoms with E-state index in [-0.39, 0.29) is 11.9 Å². The molecule has 1 aliphatic carbocycles. The largest absolute Gasteiger partial charge is 0.402 e. The Morgan fingerprint density at radius 3 is 2.75 bits per heavy atom. The number of aromatic nitrogens is 1. The predicted molar refractivity (Wildman–Crippen MR) is 113 cm³/mol. The van der Waals surface area contributed by atoms with E-state index >= 15 is 0 Å². The topological polar surface area (TPSA) is 80.5 Å². The monoisotopic (exact) mass is 386 g/mol. The van der Waals surface area contributed by atoms with E-state index in [0.29, 0.717) is 23.3 Å². The molecule has 6 nitrogen and oxygen atoms in total. The van der Waals surface area contributed by atoms with Crippen molar-refractivity contribution in [1.82, 2.24) is 10.3 Å². The third-order valence-electron chi connectivity index (χ3n) is 5.84. The standard InChI is InChI=1S/C22H34N4O2/c1-15-11-18(20(27)12-16(2)23)22(24-13-15)26-10-9-19(21(14-26)28-3)25-17-7-5-4-6-8-17/h11-13,17,19,21,25H,4-10,14,23H2,1-3H3. The Morgan fingerprint density at radius 1 is 1.32 bits per heavy atom. The number of ketones is 1. The molecule has 1 saturated carbocycles. The number of piperidine rings is 1. The van der Waals surface area contributed by atoms with Gasteiger partial charge >= 0.3 is 0 Å². The fourth-order valence-electron chi connectivity index (χ4n) is 4.39. The van der Waals surface area contributed by atoms with Crippen LogP contribution in [-0.2, 0) is 4.74 Å². The molecule has 3 N–H and O–H groups in total. The summed E-state index contributed by atoms with van der Waals surface area (Å²) >= 11 is 0. The molecule has 1 aliphatic heterocycles. The lowest BCUT2D eigenvalue weighted by molar-refractivity contribution is 0.0533. The van der Waals surface area contributed by atoms with E-state index in [1.54, 1.807) is 14.0 Å². The summed E-state index contributed by atoms with van der Waals surface area (Å²) in [5, 5.41) is 3.84. The molecule has 28 heavy (non-hydrogen) atoms. The van der Waals surface area contributed by atoms with E-state index in [9.17, 15) is 4.79 Å². The summed E-state index contributed by atoms with van der Waals surface area (Å²) in [6, 6.07) is 2.86. The van der Waals surface area contributed by atoms with Crippen LogP contribution in [0, 0.1) is 6.92 Å². The van der Waals surface area contributed by atoms with Crippen LogP contribution in [-0.4, -0.2) is 49.2 Å². The van der Waals surface area contributed by atoms with Crippen LogP contribution in [0.4, 0.5) is 5.82 Å². The highest BCUT2D eigenvalue weighted by molar-refractivity contribution is 6.08. The number of hydrogen-bond donors (Lipinski definition) is 2. The first kappa shape index (κ1) is 20.8. The molecule has 0 aromatic carbocycles. The average molecular weight is 387 g/mol. The van der Waals surface area contributed by atoms with E-state index in [0.717, 1.165) is 30.9 Å². The number of allylic oxidation sites excluding steroid dienone is 2. The van der Waals surface area contributed by atoms with Crippen LogP contribution in [0.3, 0.4) is 0 Å². The second-order valence-corrected chi connectivity index (χ2v) is 8.25. The van der Waals surface area contributed by atoms with Gasteiger partial charge in [0.1, 0.15) is 5.82 Å². The summed E-state index contributed by atoms with van der Waals surface area (Å²) in [4.78, 5) is 19.5. The maximum atomic E-state index is 12.7. The Balaban J connectivity index is 1.75. The number of nitrogens with two attached hydrogens (primary N) is 1. The molecule has 154 valence electrons. The molecule has 2 fully saturated rings. The maximum absolute atomic E-state index is 12.7. The number of carbonyl (C=O) groups is 1. The number of carbonyl (C=O) groups excluding carboxylic acids is 1. The number of aryl methyl sites for hydroxylation is 1. The molecule has 0 amide bonds. The number of rotatable bonds is 6. The first-order chi connectivity index (χ1) is 13.5. The summed E-state index contributed by atoms with van der Waals surface area (Å²) in [6.07, 6.45) is 10.9. The van der Waals surface area contributed by atoms with Gasteiger partial charge in [0.25, 0.3) is 0 Å². The summed E-state index contributed by atoms with van der Waals surface area (Å²) in [6.45, 7) is 5.25. The minimum Gasteiger partial charge on any atom is -0.402 e. The summed E-state index contributed by atoms with van der Waals surface area (Å²) < 4.78 is 5.84. The van der Waals surface area contributed by atoms with Gasteiger partial charge in [-0.05, 0) is 44.7 Å². The zero-order valence-corrected chi connectivity index (χ0v) is 17.4. The molecule has 1 saturated heterocycles. The molecule has 2 atom stereocenters. The van der Waals surface area contributed by atoms with Crippen molar-refractivity contribution in [2.45, 2.75) is 70.6 Å². The van der Waals surface area contributed by atoms with E-state index in [2.05, 4.69) is 15.2 Å². The number of ether oxygens (including phenoxy) is 1. The highest BCUT2D eigenvalue weighted by Gasteiger charge is 2.33. The molecule has 2 heterocycles. The minimum atomic E-state index is -0.0948. The fraction of sp³-hybridized carbons (Fsp3) is 0.636. The first-order valence-corrected chi connectivity index (χ1v) is 10.5. The third-order valence-corrected chi connectivity index (χ3v) is 5.84. The van der Waals surface area contributed by atoms with Crippen LogP contribution in [0.1, 0.15) is 61.4 Å². The van der Waals surface area contributed by atoms with Gasteiger partial charge in [-0.2, -0.15) is 0 Å². The lowest BCUT2D eigenvalue weighted by atomic mass is 9.92. The minimum absolute atomic E-state index is 0.0773. The highest BCUT2D eigenvalue weighted by atomic mass is 16.5. The Labute approximate surface area is 168 Å². The van der Waals surface area contributed by atoms with Crippen molar-refractivity contribution in [3.63, 3.8) is 0 Å². The van der Waals surface area contributed by atoms with Crippen LogP contribution in [0.15, 0.2) is 24.0 Å². The van der Waals surface area contributed by atoms with Crippen LogP contribution >= 0.6 is 0 Å². The van der Waals surface area contributed by atoms with Gasteiger partial charge in [-0.25, -0.2) is 4.98 Å². The van der Waals surface area contributed by atoms with Gasteiger partial charge in [-0.15, -0.1) is 0 Å². The number of methoxy groups -OCH3 is 1. The zero-order valence-electron chi connectivity index (χ0n) is 17.4. The summed E-state index contributed by atoms with van der Waals surface area (Å²) in [5.74, 6) is 0.633. The number of nitrogens with one attached hydrogen (secondary N) is 1. The van der Waals surface area contributed by atoms with Crippen LogP contribution < -0.4 is 16.0 Å². The molecule has 3 rings (SSSR count). The average Bonchev–Trinajstić information content (AvgIpc) is 2.68. The molecular formula is C22H34N4O2. The van der Waals surface area contributed by atoms with E-state index in [4.69, 9.17) is 10.5 Å². The van der Waals surface area contributed by atoms with Crippen LogP contribution in [0.25, 0.3) is 0 Å². The van der Waals surface area contributed by atoms with Gasteiger partial charge in [-0.3, -0.25) is 4.79 Å². The Kier molecular flexibility index (Phi) is 7.08. The third kappa shape index (κ3) is 5.11. The smallest absolute Gasteiger partial charge is 0.191 e. The van der Waals surface area contributed by atoms with Crippen LogP contribution in [0.2, 0.25) is 0 Å². The van der Waals surface area contributed by atoms with Gasteiger partial charge < -0.3 is 20.7 Å². The van der Waals surface area contributed by atoms with E-state index in [1.165, 1.54) is 38.2 Å². The Morgan fingerprint density at radius 2 is 2.07 bits per heavy atom. The Hall–Kier alpha value is -1.92. The van der Waals surface area contributed by atoms with Crippen molar-refractivity contribution in [3.05, 3.63) is 35.2 Å². The summed E-state index contributed by atoms with van der Waals surface area (Å²) in [7, 11) is 1.78. The van der Waals surface area contributed by atoms with Gasteiger partial charge in [0.05, 0.1) is 11.7 Å². The van der Waals surface area contributed by atoms with Gasteiger partial charge in [0.2, 0.25) is 0 Å². The number of pyridine rings is 1. The lowest BCUT2D eigenvalue weighted by Crippen LogP contribution is -2.56. The van der Waals surface area contributed by atoms with Crippen LogP contribution in [0.5, 0.6) is 0 Å². The number of hydrogen-bond acceptors (Lipinski definition) is 6. The number of nitrogens with zero attached hydrogens (tertiary/aromatic N) is 2. The molecule has 2 aliphatic rings. The number of anilines is 1. The molecular weight excluding hydrogens is 352 g/mol. The van der Waals surface area contributed by atoms with Crippen molar-refractivity contribution < 1.29 is 9.53 Å². The molecule has 6 heteroatoms. The Bertz CT molecular complexity index is 708. The predicted octanol–water partition coefficient (Wildman–Crippen LogP) is 2.95. The normalized spacial score (nSPS) is 24.4. The SMILES string of the molecule is COC1CN(c2ncc(C)cc2C(=O)C=C(C)N)CCC1NC1CCCCC1. The van der Waals surface area contributed by atoms with Crippen molar-refractivity contribution in [3.8, 4) is 0 Å². The second-order valence-electron chi connectivity index (χ2n) is 8.25. The van der Waals surface area contributed by atoms with Gasteiger partial charge in [0, 0.05) is 50.3 Å². The highest BCUT2D eigenvalue weighted by Crippen LogP contribution is 2.26. The van der Waals surface area contributed by atoms with Gasteiger partial charge in [-0.1, -0.05) is 19.3 Å². The fourth-order valence-corrected chi connectivity index (χ4v) is 4.39. The first-order valence-electron chi connectivity index (χ1n) is 10.5. The van der Waals surface area contributed by atoms with E-state index in [1.807, 2.05) is 19.2 Å². The molecule has 1 aromatic heterocycles. The van der Waals surface area contributed by atoms with Crippen molar-refractivity contribution in [2.24, 2.45) is 5.73 Å². The lowest BCUT2D eigenvalue weighted by Gasteiger charge is -2.41. The molecule has 1 aromatic rings. The van der Waals surface area contributed by atoms with Gasteiger partial charge in [0.15, 0.2) is 5.78 Å². The second kappa shape index (κ2) is 9.52. The van der Waals surface area contributed by atoms with Crippen molar-refractivity contribution >= 4 is 11.6 Å². The quantitative estimate of drug-likeness (QED) is 0.578. The zero-order chi connectivity index (χ0) is 20.1. The molecule has 0 spiro atoms. The maximum Gasteiger partial charge on any atom is 0.191 e. The molecule has 0 radical (unpaired) electrons. The summed E-state index contributed by atoms with van der Waals surface area (Å²) in [5.41, 5.74) is 7.80.